The predicted octanol–water partition coefficient (Wildman–Crippen LogP) is 5.59. The number of fused-ring (bicyclic) bond motifs is 4. The highest BCUT2D eigenvalue weighted by Gasteiger charge is 2.28. The highest BCUT2D eigenvalue weighted by atomic mass is 32.2. The molecule has 2 heterocycles. The summed E-state index contributed by atoms with van der Waals surface area (Å²) in [5.74, 6) is -0.312. The van der Waals surface area contributed by atoms with Gasteiger partial charge in [-0.25, -0.2) is 8.42 Å². The fraction of sp³-hybridized carbons (Fsp3) is 0.107. The number of furan rings is 1. The lowest BCUT2D eigenvalue weighted by atomic mass is 10.0. The van der Waals surface area contributed by atoms with Crippen LogP contribution < -0.4 is 5.32 Å². The smallest absolute Gasteiger partial charge is 0.255 e. The Morgan fingerprint density at radius 1 is 0.800 bits per heavy atom. The molecule has 4 aromatic carbocycles. The molecule has 174 valence electrons. The first-order chi connectivity index (χ1) is 17.0. The number of anilines is 1. The Morgan fingerprint density at radius 2 is 1.51 bits per heavy atom. The Balaban J connectivity index is 1.21. The first kappa shape index (κ1) is 21.6. The number of nitrogens with zero attached hydrogens (tertiary/aromatic N) is 1. The summed E-state index contributed by atoms with van der Waals surface area (Å²) in [6, 6.07) is 27.2. The normalized spacial score (nSPS) is 14.2. The Kier molecular flexibility index (Phi) is 5.16. The molecule has 0 saturated carbocycles. The van der Waals surface area contributed by atoms with Crippen LogP contribution >= 0.6 is 0 Å². The van der Waals surface area contributed by atoms with E-state index in [2.05, 4.69) is 5.32 Å². The Bertz CT molecular complexity index is 1690. The molecule has 7 heteroatoms. The average Bonchev–Trinajstić information content (AvgIpc) is 3.26. The molecule has 1 aromatic heterocycles. The maximum absolute atomic E-state index is 13.2. The van der Waals surface area contributed by atoms with Gasteiger partial charge in [-0.2, -0.15) is 4.31 Å². The monoisotopic (exact) mass is 482 g/mol. The van der Waals surface area contributed by atoms with Crippen LogP contribution in [0.15, 0.2) is 100 Å². The lowest BCUT2D eigenvalue weighted by Gasteiger charge is -2.28. The molecule has 0 unspecified atom stereocenters. The molecule has 6 rings (SSSR count). The van der Waals surface area contributed by atoms with E-state index in [-0.39, 0.29) is 10.8 Å². The van der Waals surface area contributed by atoms with Crippen LogP contribution in [-0.4, -0.2) is 25.2 Å². The van der Waals surface area contributed by atoms with E-state index in [0.717, 1.165) is 27.5 Å². The quantitative estimate of drug-likeness (QED) is 0.362. The summed E-state index contributed by atoms with van der Waals surface area (Å²) in [5, 5.41) is 4.80. The average molecular weight is 483 g/mol. The third kappa shape index (κ3) is 3.88. The number of rotatable bonds is 4. The fourth-order valence-corrected chi connectivity index (χ4v) is 6.03. The van der Waals surface area contributed by atoms with E-state index in [9.17, 15) is 13.2 Å². The molecule has 1 amide bonds. The SMILES string of the molecule is O=C(Nc1ccc2oc3ccccc3c2c1)c1ccc(S(=O)(=O)N2CCc3ccccc3C2)cc1. The van der Waals surface area contributed by atoms with Gasteiger partial charge < -0.3 is 9.73 Å². The minimum absolute atomic E-state index is 0.180. The van der Waals surface area contributed by atoms with Crippen LogP contribution in [0.25, 0.3) is 21.9 Å². The number of hydrogen-bond acceptors (Lipinski definition) is 4. The van der Waals surface area contributed by atoms with Crippen molar-refractivity contribution in [1.82, 2.24) is 4.31 Å². The van der Waals surface area contributed by atoms with Gasteiger partial charge in [0.25, 0.3) is 5.91 Å². The van der Waals surface area contributed by atoms with Gasteiger partial charge in [-0.15, -0.1) is 0 Å². The van der Waals surface area contributed by atoms with Crippen molar-refractivity contribution in [2.24, 2.45) is 0 Å². The van der Waals surface area contributed by atoms with Gasteiger partial charge in [0.1, 0.15) is 11.2 Å². The van der Waals surface area contributed by atoms with Crippen LogP contribution in [0.1, 0.15) is 21.5 Å². The van der Waals surface area contributed by atoms with Gasteiger partial charge in [0.2, 0.25) is 10.0 Å². The maximum atomic E-state index is 13.2. The third-order valence-corrected chi connectivity index (χ3v) is 8.34. The molecule has 0 aliphatic carbocycles. The van der Waals surface area contributed by atoms with Crippen molar-refractivity contribution in [3.63, 3.8) is 0 Å². The minimum atomic E-state index is -3.65. The van der Waals surface area contributed by atoms with Gasteiger partial charge in [0.15, 0.2) is 0 Å². The molecule has 0 radical (unpaired) electrons. The van der Waals surface area contributed by atoms with E-state index < -0.39 is 10.0 Å². The summed E-state index contributed by atoms with van der Waals surface area (Å²) in [7, 11) is -3.65. The van der Waals surface area contributed by atoms with E-state index in [1.54, 1.807) is 18.2 Å². The molecule has 35 heavy (non-hydrogen) atoms. The molecule has 5 aromatic rings. The standard InChI is InChI=1S/C28H22N2O4S/c31-28(29-22-11-14-27-25(17-22)24-7-3-4-8-26(24)34-27)20-9-12-23(13-10-20)35(32,33)30-16-15-19-5-1-2-6-21(19)18-30/h1-14,17H,15-16,18H2,(H,29,31). The summed E-state index contributed by atoms with van der Waals surface area (Å²) in [4.78, 5) is 13.0. The number of benzene rings is 4. The molecule has 1 aliphatic rings. The van der Waals surface area contributed by atoms with E-state index in [0.29, 0.717) is 30.8 Å². The van der Waals surface area contributed by atoms with E-state index in [1.165, 1.54) is 22.0 Å². The molecule has 0 saturated heterocycles. The zero-order valence-corrected chi connectivity index (χ0v) is 19.6. The Labute approximate surface area is 202 Å². The van der Waals surface area contributed by atoms with Crippen molar-refractivity contribution in [2.75, 3.05) is 11.9 Å². The van der Waals surface area contributed by atoms with Gasteiger partial charge in [0, 0.05) is 35.1 Å². The highest BCUT2D eigenvalue weighted by Crippen LogP contribution is 2.31. The molecule has 0 bridgehead atoms. The molecule has 6 nitrogen and oxygen atoms in total. The summed E-state index contributed by atoms with van der Waals surface area (Å²) >= 11 is 0. The van der Waals surface area contributed by atoms with Gasteiger partial charge in [-0.1, -0.05) is 42.5 Å². The van der Waals surface area contributed by atoms with Crippen molar-refractivity contribution in [2.45, 2.75) is 17.9 Å². The number of sulfonamides is 1. The number of hydrogen-bond donors (Lipinski definition) is 1. The summed E-state index contributed by atoms with van der Waals surface area (Å²) in [6.45, 7) is 0.790. The molecule has 0 atom stereocenters. The molecule has 0 fully saturated rings. The number of carbonyl (C=O) groups excluding carboxylic acids is 1. The van der Waals surface area contributed by atoms with Crippen LogP contribution in [0.3, 0.4) is 0 Å². The van der Waals surface area contributed by atoms with E-state index in [1.807, 2.05) is 60.7 Å². The maximum Gasteiger partial charge on any atom is 0.255 e. The number of amides is 1. The zero-order valence-electron chi connectivity index (χ0n) is 18.8. The van der Waals surface area contributed by atoms with Crippen LogP contribution in [0, 0.1) is 0 Å². The van der Waals surface area contributed by atoms with Crippen LogP contribution in [0.2, 0.25) is 0 Å². The summed E-state index contributed by atoms with van der Waals surface area (Å²) < 4.78 is 33.7. The summed E-state index contributed by atoms with van der Waals surface area (Å²) in [6.07, 6.45) is 0.687. The van der Waals surface area contributed by atoms with E-state index >= 15 is 0 Å². The minimum Gasteiger partial charge on any atom is -0.456 e. The van der Waals surface area contributed by atoms with Crippen molar-refractivity contribution in [3.05, 3.63) is 108 Å². The van der Waals surface area contributed by atoms with Crippen LogP contribution in [0.4, 0.5) is 5.69 Å². The zero-order chi connectivity index (χ0) is 24.0. The van der Waals surface area contributed by atoms with Crippen molar-refractivity contribution < 1.29 is 17.6 Å². The highest BCUT2D eigenvalue weighted by molar-refractivity contribution is 7.89. The van der Waals surface area contributed by atoms with Gasteiger partial charge in [-0.05, 0) is 66.1 Å². The molecule has 0 spiro atoms. The van der Waals surface area contributed by atoms with Crippen molar-refractivity contribution >= 4 is 43.6 Å². The predicted molar refractivity (Wildman–Crippen MR) is 136 cm³/mol. The second-order valence-corrected chi connectivity index (χ2v) is 10.6. The Hall–Kier alpha value is -3.94. The second kappa shape index (κ2) is 8.37. The van der Waals surface area contributed by atoms with E-state index in [4.69, 9.17) is 4.42 Å². The fourth-order valence-electron chi connectivity index (χ4n) is 4.61. The molecule has 1 N–H and O–H groups in total. The summed E-state index contributed by atoms with van der Waals surface area (Å²) in [5.41, 5.74) is 4.77. The largest absolute Gasteiger partial charge is 0.456 e. The molecular formula is C28H22N2O4S. The third-order valence-electron chi connectivity index (χ3n) is 6.48. The van der Waals surface area contributed by atoms with Crippen LogP contribution in [-0.2, 0) is 23.0 Å². The number of nitrogens with one attached hydrogen (secondary N) is 1. The Morgan fingerprint density at radius 3 is 2.34 bits per heavy atom. The lowest BCUT2D eigenvalue weighted by molar-refractivity contribution is 0.102. The first-order valence-corrected chi connectivity index (χ1v) is 12.8. The van der Waals surface area contributed by atoms with Crippen LogP contribution in [0.5, 0.6) is 0 Å². The number of carbonyl (C=O) groups is 1. The van der Waals surface area contributed by atoms with Crippen molar-refractivity contribution in [3.8, 4) is 0 Å². The van der Waals surface area contributed by atoms with Gasteiger partial charge >= 0.3 is 0 Å². The van der Waals surface area contributed by atoms with Gasteiger partial charge in [-0.3, -0.25) is 4.79 Å². The van der Waals surface area contributed by atoms with Crippen molar-refractivity contribution in [1.29, 1.82) is 0 Å². The second-order valence-electron chi connectivity index (χ2n) is 8.64. The number of para-hydroxylation sites is 1. The lowest BCUT2D eigenvalue weighted by Crippen LogP contribution is -2.35. The van der Waals surface area contributed by atoms with Gasteiger partial charge in [0.05, 0.1) is 4.90 Å². The first-order valence-electron chi connectivity index (χ1n) is 11.4. The molecule has 1 aliphatic heterocycles. The molecular weight excluding hydrogens is 460 g/mol. The topological polar surface area (TPSA) is 79.6 Å².